The minimum atomic E-state index is -2.77. The third-order valence-corrected chi connectivity index (χ3v) is 10.8. The number of hydrogen-bond donors (Lipinski definition) is 2. The first-order chi connectivity index (χ1) is 26.8. The van der Waals surface area contributed by atoms with Gasteiger partial charge >= 0.3 is 5.69 Å². The van der Waals surface area contributed by atoms with Crippen molar-refractivity contribution in [3.63, 3.8) is 0 Å². The summed E-state index contributed by atoms with van der Waals surface area (Å²) >= 11 is 0. The van der Waals surface area contributed by atoms with Crippen LogP contribution in [0.15, 0.2) is 53.8 Å². The molecule has 0 radical (unpaired) electrons. The van der Waals surface area contributed by atoms with Gasteiger partial charge in [-0.05, 0) is 51.6 Å². The Kier molecular flexibility index (Phi) is 11.0. The molecule has 3 unspecified atom stereocenters. The van der Waals surface area contributed by atoms with Crippen LogP contribution in [0.3, 0.4) is 0 Å². The second-order valence-corrected chi connectivity index (χ2v) is 14.6. The lowest BCUT2D eigenvalue weighted by molar-refractivity contribution is -0.135. The summed E-state index contributed by atoms with van der Waals surface area (Å²) in [6.45, 7) is 0.000331. The van der Waals surface area contributed by atoms with E-state index in [0.29, 0.717) is 22.4 Å². The predicted molar refractivity (Wildman–Crippen MR) is 198 cm³/mol. The number of rotatable bonds is 7. The number of hydrogen-bond acceptors (Lipinski definition) is 9. The standard InChI is InChI=1S/C20H25F2N5O3.C17H18F2N6O/c1-24(2)17-11(21)9-26(10-12(17)22)13-5-4-6-14-18(13)25(3)20(30)27(14)15-7-8-16(28)23-19(15)29;18-15(19)14-13(10-25(23-14)11-5-2-1-3-6-11)22-17(26)12-9-21-24-8-4-7-20-16(12)24/h4-6,11-12,15,17H,7-10H2,1-3H3,(H,23,28,29);4,7-11,15H,1-3,5-6H2,(H,22,26). The summed E-state index contributed by atoms with van der Waals surface area (Å²) in [5.41, 5.74) is 1.34. The van der Waals surface area contributed by atoms with Crippen LogP contribution >= 0.6 is 0 Å². The van der Waals surface area contributed by atoms with Crippen molar-refractivity contribution in [3.05, 3.63) is 70.8 Å². The summed E-state index contributed by atoms with van der Waals surface area (Å²) in [5.74, 6) is -1.42. The maximum atomic E-state index is 14.8. The van der Waals surface area contributed by atoms with Crippen LogP contribution in [0.1, 0.15) is 79.5 Å². The number of benzene rings is 1. The molecule has 3 amide bonds. The maximum absolute atomic E-state index is 14.8. The molecule has 1 saturated carbocycles. The largest absolute Gasteiger partial charge is 0.364 e. The Hall–Kier alpha value is -5.59. The van der Waals surface area contributed by atoms with Crippen LogP contribution in [0.4, 0.5) is 28.9 Å². The number of aryl methyl sites for hydroxylation is 1. The number of alkyl halides is 4. The minimum absolute atomic E-state index is 0.000166. The number of piperidine rings is 2. The van der Waals surface area contributed by atoms with Gasteiger partial charge in [-0.1, -0.05) is 25.3 Å². The Balaban J connectivity index is 0.000000173. The lowest BCUT2D eigenvalue weighted by Gasteiger charge is -2.41. The van der Waals surface area contributed by atoms with Gasteiger partial charge in [0.25, 0.3) is 12.3 Å². The van der Waals surface area contributed by atoms with Gasteiger partial charge in [0.15, 0.2) is 11.3 Å². The van der Waals surface area contributed by atoms with Crippen LogP contribution in [0, 0.1) is 0 Å². The number of halogens is 4. The summed E-state index contributed by atoms with van der Waals surface area (Å²) in [5, 5.41) is 12.9. The quantitative estimate of drug-likeness (QED) is 0.181. The molecule has 0 bridgehead atoms. The molecule has 6 heterocycles. The van der Waals surface area contributed by atoms with E-state index in [1.54, 1.807) is 72.3 Å². The number of carbonyl (C=O) groups excluding carboxylic acids is 3. The van der Waals surface area contributed by atoms with E-state index in [9.17, 15) is 36.7 Å². The molecule has 0 spiro atoms. The molecule has 8 rings (SSSR count). The van der Waals surface area contributed by atoms with Gasteiger partial charge in [0, 0.05) is 32.1 Å². The van der Waals surface area contributed by atoms with Gasteiger partial charge < -0.3 is 15.1 Å². The van der Waals surface area contributed by atoms with Gasteiger partial charge in [0.1, 0.15) is 23.9 Å². The second-order valence-electron chi connectivity index (χ2n) is 14.6. The van der Waals surface area contributed by atoms with Gasteiger partial charge in [-0.3, -0.25) is 33.5 Å². The van der Waals surface area contributed by atoms with Gasteiger partial charge in [-0.25, -0.2) is 31.9 Å². The van der Waals surface area contributed by atoms with Gasteiger partial charge in [0.2, 0.25) is 11.8 Å². The Bertz CT molecular complexity index is 2300. The zero-order valence-electron chi connectivity index (χ0n) is 31.1. The molecule has 3 atom stereocenters. The van der Waals surface area contributed by atoms with Crippen LogP contribution in [0.2, 0.25) is 0 Å². The molecule has 2 aliphatic heterocycles. The Labute approximate surface area is 318 Å². The Morgan fingerprint density at radius 3 is 2.43 bits per heavy atom. The van der Waals surface area contributed by atoms with E-state index >= 15 is 0 Å². The van der Waals surface area contributed by atoms with E-state index in [2.05, 4.69) is 25.8 Å². The maximum Gasteiger partial charge on any atom is 0.329 e. The van der Waals surface area contributed by atoms with Crippen LogP contribution in [-0.2, 0) is 16.6 Å². The highest BCUT2D eigenvalue weighted by Crippen LogP contribution is 2.34. The number of carbonyl (C=O) groups is 3. The normalized spacial score (nSPS) is 22.1. The number of nitrogens with zero attached hydrogens (tertiary/aromatic N) is 9. The molecule has 3 fully saturated rings. The molecule has 298 valence electrons. The smallest absolute Gasteiger partial charge is 0.329 e. The molecule has 1 aliphatic carbocycles. The Morgan fingerprint density at radius 1 is 1.02 bits per heavy atom. The molecule has 2 saturated heterocycles. The Morgan fingerprint density at radius 2 is 1.75 bits per heavy atom. The number of para-hydroxylation sites is 1. The first-order valence-corrected chi connectivity index (χ1v) is 18.5. The number of fused-ring (bicyclic) bond motifs is 2. The monoisotopic (exact) mass is 781 g/mol. The lowest BCUT2D eigenvalue weighted by atomic mass is 9.96. The molecular formula is C37H43F4N11O4. The third-order valence-electron chi connectivity index (χ3n) is 10.8. The molecule has 5 aromatic rings. The summed E-state index contributed by atoms with van der Waals surface area (Å²) < 4.78 is 62.1. The van der Waals surface area contributed by atoms with Crippen LogP contribution < -0.4 is 21.2 Å². The van der Waals surface area contributed by atoms with E-state index in [1.165, 1.54) is 26.0 Å². The van der Waals surface area contributed by atoms with E-state index < -0.39 is 54.1 Å². The number of imidazole rings is 1. The summed E-state index contributed by atoms with van der Waals surface area (Å²) in [6.07, 6.45) is 5.99. The predicted octanol–water partition coefficient (Wildman–Crippen LogP) is 4.37. The van der Waals surface area contributed by atoms with Crippen molar-refractivity contribution in [2.75, 3.05) is 37.4 Å². The van der Waals surface area contributed by atoms with Crippen molar-refractivity contribution in [1.82, 2.24) is 43.7 Å². The first kappa shape index (κ1) is 38.7. The highest BCUT2D eigenvalue weighted by molar-refractivity contribution is 6.08. The molecule has 1 aromatic carbocycles. The molecule has 2 N–H and O–H groups in total. The molecule has 15 nitrogen and oxygen atoms in total. The van der Waals surface area contributed by atoms with Gasteiger partial charge in [-0.2, -0.15) is 10.2 Å². The summed E-state index contributed by atoms with van der Waals surface area (Å²) in [4.78, 5) is 56.7. The van der Waals surface area contributed by atoms with Crippen LogP contribution in [-0.4, -0.2) is 102 Å². The van der Waals surface area contributed by atoms with Crippen molar-refractivity contribution >= 4 is 45.8 Å². The fourth-order valence-electron chi connectivity index (χ4n) is 8.06. The SMILES string of the molecule is CN(C)C1C(F)CN(c2cccc3c2n(C)c(=O)n3C2CCC(=O)NC2=O)CC1F.O=C(Nc1cn(C2CCCCC2)nc1C(F)F)c1cnn2cccnc12. The average Bonchev–Trinajstić information content (AvgIpc) is 3.86. The van der Waals surface area contributed by atoms with Crippen LogP contribution in [0.25, 0.3) is 16.7 Å². The van der Waals surface area contributed by atoms with Crippen molar-refractivity contribution in [2.24, 2.45) is 7.05 Å². The van der Waals surface area contributed by atoms with Crippen molar-refractivity contribution in [2.45, 2.75) is 81.8 Å². The first-order valence-electron chi connectivity index (χ1n) is 18.5. The van der Waals surface area contributed by atoms with Crippen LogP contribution in [0.5, 0.6) is 0 Å². The molecular weight excluding hydrogens is 738 g/mol. The zero-order valence-corrected chi connectivity index (χ0v) is 31.1. The molecule has 4 aromatic heterocycles. The minimum Gasteiger partial charge on any atom is -0.364 e. The number of anilines is 2. The van der Waals surface area contributed by atoms with Crippen molar-refractivity contribution in [3.8, 4) is 0 Å². The fraction of sp³-hybridized carbons (Fsp3) is 0.486. The number of imide groups is 1. The van der Waals surface area contributed by atoms with Crippen molar-refractivity contribution in [1.29, 1.82) is 0 Å². The fourth-order valence-corrected chi connectivity index (χ4v) is 8.06. The topological polar surface area (TPSA) is 157 Å². The number of nitrogens with one attached hydrogen (secondary N) is 2. The summed E-state index contributed by atoms with van der Waals surface area (Å²) in [6, 6.07) is 5.30. The lowest BCUT2D eigenvalue weighted by Crippen LogP contribution is -2.57. The van der Waals surface area contributed by atoms with E-state index in [1.807, 2.05) is 0 Å². The second kappa shape index (κ2) is 15.9. The molecule has 3 aliphatic rings. The van der Waals surface area contributed by atoms with E-state index in [0.717, 1.165) is 32.1 Å². The van der Waals surface area contributed by atoms with E-state index in [-0.39, 0.29) is 49.1 Å². The highest BCUT2D eigenvalue weighted by Gasteiger charge is 2.40. The zero-order chi connectivity index (χ0) is 39.8. The molecule has 56 heavy (non-hydrogen) atoms. The molecule has 19 heteroatoms. The number of aromatic nitrogens is 7. The average molecular weight is 782 g/mol. The van der Waals surface area contributed by atoms with Crippen molar-refractivity contribution < 1.29 is 31.9 Å². The highest BCUT2D eigenvalue weighted by atomic mass is 19.3. The summed E-state index contributed by atoms with van der Waals surface area (Å²) in [7, 11) is 4.89. The third kappa shape index (κ3) is 7.38. The van der Waals surface area contributed by atoms with Gasteiger partial charge in [-0.15, -0.1) is 0 Å². The van der Waals surface area contributed by atoms with E-state index in [4.69, 9.17) is 0 Å². The number of amides is 3. The van der Waals surface area contributed by atoms with Gasteiger partial charge in [0.05, 0.1) is 53.8 Å².